The number of nitro benzene ring substituents is 1. The summed E-state index contributed by atoms with van der Waals surface area (Å²) >= 11 is 0. The number of nitro groups is 1. The van der Waals surface area contributed by atoms with Gasteiger partial charge < -0.3 is 4.90 Å². The van der Waals surface area contributed by atoms with E-state index in [9.17, 15) is 14.9 Å². The SMILES string of the molecule is O=Cc1cc([N+](=O)[O-])ccc1N1CCN(CC2CC2)CC1. The van der Waals surface area contributed by atoms with Gasteiger partial charge in [-0.25, -0.2) is 0 Å². The van der Waals surface area contributed by atoms with E-state index in [1.54, 1.807) is 6.07 Å². The zero-order chi connectivity index (χ0) is 14.8. The molecular formula is C15H19N3O3. The van der Waals surface area contributed by atoms with E-state index in [-0.39, 0.29) is 5.69 Å². The number of hydrogen-bond acceptors (Lipinski definition) is 5. The van der Waals surface area contributed by atoms with Crippen molar-refractivity contribution < 1.29 is 9.72 Å². The van der Waals surface area contributed by atoms with Crippen LogP contribution in [0.5, 0.6) is 0 Å². The van der Waals surface area contributed by atoms with E-state index in [1.165, 1.54) is 31.5 Å². The lowest BCUT2D eigenvalue weighted by Crippen LogP contribution is -2.47. The molecule has 0 radical (unpaired) electrons. The standard InChI is InChI=1S/C15H19N3O3/c19-11-13-9-14(18(20)21)3-4-15(13)17-7-5-16(6-8-17)10-12-1-2-12/h3-4,9,11-12H,1-2,5-8,10H2. The minimum absolute atomic E-state index is 0.0341. The van der Waals surface area contributed by atoms with Crippen LogP contribution in [0.4, 0.5) is 11.4 Å². The lowest BCUT2D eigenvalue weighted by atomic mass is 10.1. The van der Waals surface area contributed by atoms with Gasteiger partial charge in [-0.1, -0.05) is 0 Å². The first-order chi connectivity index (χ1) is 10.2. The number of hydrogen-bond donors (Lipinski definition) is 0. The van der Waals surface area contributed by atoms with Gasteiger partial charge in [0.2, 0.25) is 0 Å². The van der Waals surface area contributed by atoms with Crippen LogP contribution in [0, 0.1) is 16.0 Å². The van der Waals surface area contributed by atoms with Crippen LogP contribution in [-0.4, -0.2) is 48.8 Å². The Balaban J connectivity index is 1.69. The van der Waals surface area contributed by atoms with Gasteiger partial charge in [-0.15, -0.1) is 0 Å². The third-order valence-electron chi connectivity index (χ3n) is 4.28. The molecule has 0 aromatic heterocycles. The van der Waals surface area contributed by atoms with E-state index >= 15 is 0 Å². The Bertz CT molecular complexity index is 549. The van der Waals surface area contributed by atoms with Gasteiger partial charge in [0.05, 0.1) is 4.92 Å². The van der Waals surface area contributed by atoms with Crippen molar-refractivity contribution in [1.82, 2.24) is 4.90 Å². The van der Waals surface area contributed by atoms with Gasteiger partial charge in [0, 0.05) is 56.1 Å². The number of nitrogens with zero attached hydrogens (tertiary/aromatic N) is 3. The first-order valence-corrected chi connectivity index (χ1v) is 7.38. The normalized spacial score (nSPS) is 19.5. The number of rotatable bonds is 5. The summed E-state index contributed by atoms with van der Waals surface area (Å²) in [5.41, 5.74) is 1.18. The Hall–Kier alpha value is -1.95. The van der Waals surface area contributed by atoms with Crippen LogP contribution >= 0.6 is 0 Å². The Labute approximate surface area is 123 Å². The number of aldehydes is 1. The van der Waals surface area contributed by atoms with Crippen LogP contribution in [0.2, 0.25) is 0 Å². The van der Waals surface area contributed by atoms with Gasteiger partial charge in [-0.05, 0) is 24.8 Å². The molecule has 0 atom stereocenters. The van der Waals surface area contributed by atoms with Gasteiger partial charge in [0.15, 0.2) is 6.29 Å². The third-order valence-corrected chi connectivity index (χ3v) is 4.28. The molecule has 0 unspecified atom stereocenters. The average molecular weight is 289 g/mol. The molecule has 1 aromatic rings. The fourth-order valence-electron chi connectivity index (χ4n) is 2.87. The van der Waals surface area contributed by atoms with Crippen molar-refractivity contribution in [3.05, 3.63) is 33.9 Å². The number of carbonyl (C=O) groups excluding carboxylic acids is 1. The van der Waals surface area contributed by atoms with Gasteiger partial charge in [-0.2, -0.15) is 0 Å². The van der Waals surface area contributed by atoms with Crippen molar-refractivity contribution >= 4 is 17.7 Å². The van der Waals surface area contributed by atoms with Crippen LogP contribution in [0.3, 0.4) is 0 Å². The van der Waals surface area contributed by atoms with Crippen molar-refractivity contribution in [2.24, 2.45) is 5.92 Å². The summed E-state index contributed by atoms with van der Waals surface area (Å²) in [5, 5.41) is 10.8. The quantitative estimate of drug-likeness (QED) is 0.471. The second kappa shape index (κ2) is 5.81. The molecule has 3 rings (SSSR count). The van der Waals surface area contributed by atoms with Crippen molar-refractivity contribution in [2.75, 3.05) is 37.6 Å². The number of carbonyl (C=O) groups is 1. The molecule has 112 valence electrons. The smallest absolute Gasteiger partial charge is 0.270 e. The average Bonchev–Trinajstić information content (AvgIpc) is 3.31. The molecule has 6 heteroatoms. The fourth-order valence-corrected chi connectivity index (χ4v) is 2.87. The van der Waals surface area contributed by atoms with Gasteiger partial charge in [0.1, 0.15) is 0 Å². The van der Waals surface area contributed by atoms with Gasteiger partial charge in [0.25, 0.3) is 5.69 Å². The lowest BCUT2D eigenvalue weighted by Gasteiger charge is -2.36. The molecule has 1 saturated carbocycles. The van der Waals surface area contributed by atoms with Crippen molar-refractivity contribution in [1.29, 1.82) is 0 Å². The maximum absolute atomic E-state index is 11.2. The molecule has 1 saturated heterocycles. The zero-order valence-corrected chi connectivity index (χ0v) is 11.9. The zero-order valence-electron chi connectivity index (χ0n) is 11.9. The second-order valence-electron chi connectivity index (χ2n) is 5.85. The maximum Gasteiger partial charge on any atom is 0.270 e. The predicted molar refractivity (Wildman–Crippen MR) is 79.9 cm³/mol. The number of non-ortho nitro benzene ring substituents is 1. The molecule has 1 aliphatic heterocycles. The van der Waals surface area contributed by atoms with E-state index in [4.69, 9.17) is 0 Å². The summed E-state index contributed by atoms with van der Waals surface area (Å²) in [4.78, 5) is 26.1. The van der Waals surface area contributed by atoms with Crippen LogP contribution in [0.25, 0.3) is 0 Å². The Morgan fingerprint density at radius 3 is 2.52 bits per heavy atom. The van der Waals surface area contributed by atoms with E-state index in [2.05, 4.69) is 9.80 Å². The van der Waals surface area contributed by atoms with E-state index in [1.807, 2.05) is 0 Å². The summed E-state index contributed by atoms with van der Waals surface area (Å²) in [6.07, 6.45) is 3.43. The molecule has 0 amide bonds. The molecule has 6 nitrogen and oxygen atoms in total. The summed E-state index contributed by atoms with van der Waals surface area (Å²) in [5.74, 6) is 0.890. The third kappa shape index (κ3) is 3.21. The van der Waals surface area contributed by atoms with Crippen LogP contribution in [0.1, 0.15) is 23.2 Å². The van der Waals surface area contributed by atoms with Crippen LogP contribution in [-0.2, 0) is 0 Å². The Kier molecular flexibility index (Phi) is 3.88. The van der Waals surface area contributed by atoms with E-state index < -0.39 is 4.92 Å². The minimum Gasteiger partial charge on any atom is -0.368 e. The molecular weight excluding hydrogens is 270 g/mol. The monoisotopic (exact) mass is 289 g/mol. The summed E-state index contributed by atoms with van der Waals surface area (Å²) in [6, 6.07) is 4.52. The summed E-state index contributed by atoms with van der Waals surface area (Å²) in [6.45, 7) is 4.91. The lowest BCUT2D eigenvalue weighted by molar-refractivity contribution is -0.384. The largest absolute Gasteiger partial charge is 0.368 e. The predicted octanol–water partition coefficient (Wildman–Crippen LogP) is 1.94. The van der Waals surface area contributed by atoms with Crippen LogP contribution in [0.15, 0.2) is 18.2 Å². The second-order valence-corrected chi connectivity index (χ2v) is 5.85. The molecule has 0 spiro atoms. The molecule has 1 heterocycles. The highest BCUT2D eigenvalue weighted by Gasteiger charge is 2.27. The minimum atomic E-state index is -0.468. The molecule has 1 aliphatic carbocycles. The first-order valence-electron chi connectivity index (χ1n) is 7.38. The molecule has 2 aliphatic rings. The summed E-state index contributed by atoms with van der Waals surface area (Å²) < 4.78 is 0. The Morgan fingerprint density at radius 1 is 1.24 bits per heavy atom. The highest BCUT2D eigenvalue weighted by Crippen LogP contribution is 2.30. The molecule has 21 heavy (non-hydrogen) atoms. The maximum atomic E-state index is 11.2. The molecule has 1 aromatic carbocycles. The number of piperazine rings is 1. The van der Waals surface area contributed by atoms with E-state index in [0.29, 0.717) is 11.8 Å². The molecule has 0 bridgehead atoms. The topological polar surface area (TPSA) is 66.7 Å². The highest BCUT2D eigenvalue weighted by atomic mass is 16.6. The summed E-state index contributed by atoms with van der Waals surface area (Å²) in [7, 11) is 0. The number of anilines is 1. The van der Waals surface area contributed by atoms with Crippen LogP contribution < -0.4 is 4.90 Å². The first kappa shape index (κ1) is 14.0. The highest BCUT2D eigenvalue weighted by molar-refractivity contribution is 5.86. The van der Waals surface area contributed by atoms with Crippen molar-refractivity contribution in [3.63, 3.8) is 0 Å². The van der Waals surface area contributed by atoms with Crippen molar-refractivity contribution in [3.8, 4) is 0 Å². The molecule has 2 fully saturated rings. The van der Waals surface area contributed by atoms with Gasteiger partial charge >= 0.3 is 0 Å². The Morgan fingerprint density at radius 2 is 1.95 bits per heavy atom. The van der Waals surface area contributed by atoms with E-state index in [0.717, 1.165) is 37.8 Å². The fraction of sp³-hybridized carbons (Fsp3) is 0.533. The number of benzene rings is 1. The van der Waals surface area contributed by atoms with Gasteiger partial charge in [-0.3, -0.25) is 19.8 Å². The molecule has 0 N–H and O–H groups in total. The van der Waals surface area contributed by atoms with Crippen molar-refractivity contribution in [2.45, 2.75) is 12.8 Å².